The van der Waals surface area contributed by atoms with E-state index in [1.165, 1.54) is 14.1 Å². The summed E-state index contributed by atoms with van der Waals surface area (Å²) >= 11 is 0. The first-order valence-electron chi connectivity index (χ1n) is 4.95. The monoisotopic (exact) mass is 250 g/mol. The Morgan fingerprint density at radius 1 is 1.28 bits per heavy atom. The topological polar surface area (TPSA) is 110 Å². The number of carbonyl (C=O) groups is 4. The van der Waals surface area contributed by atoms with Crippen molar-refractivity contribution in [2.75, 3.05) is 14.1 Å². The minimum Gasteiger partial charge on any atom is -0.545 e. The lowest BCUT2D eigenvalue weighted by Crippen LogP contribution is -2.59. The molecule has 0 N–H and O–H groups in total. The van der Waals surface area contributed by atoms with Crippen molar-refractivity contribution in [3.8, 4) is 0 Å². The van der Waals surface area contributed by atoms with Gasteiger partial charge in [0.15, 0.2) is 0 Å². The number of rotatable bonds is 1. The predicted octanol–water partition coefficient (Wildman–Crippen LogP) is -2.26. The molecule has 2 rings (SSSR count). The van der Waals surface area contributed by atoms with Crippen molar-refractivity contribution in [1.29, 1.82) is 0 Å². The van der Waals surface area contributed by atoms with E-state index in [1.54, 1.807) is 0 Å². The Labute approximate surface area is 101 Å². The van der Waals surface area contributed by atoms with Crippen LogP contribution in [0.2, 0.25) is 0 Å². The third-order valence-electron chi connectivity index (χ3n) is 2.80. The van der Waals surface area contributed by atoms with Crippen molar-refractivity contribution >= 4 is 29.7 Å². The van der Waals surface area contributed by atoms with Gasteiger partial charge in [0.1, 0.15) is 11.8 Å². The second-order valence-corrected chi connectivity index (χ2v) is 3.87. The normalized spacial score (nSPS) is 23.7. The van der Waals surface area contributed by atoms with Crippen LogP contribution in [0, 0.1) is 5.92 Å². The minimum absolute atomic E-state index is 0.185. The third kappa shape index (κ3) is 1.50. The number of amidine groups is 1. The molecule has 2 aliphatic heterocycles. The van der Waals surface area contributed by atoms with E-state index in [0.29, 0.717) is 0 Å². The zero-order valence-corrected chi connectivity index (χ0v) is 9.54. The van der Waals surface area contributed by atoms with Crippen LogP contribution in [-0.2, 0) is 14.4 Å². The lowest BCUT2D eigenvalue weighted by atomic mass is 9.91. The van der Waals surface area contributed by atoms with Gasteiger partial charge in [-0.1, -0.05) is 0 Å². The maximum absolute atomic E-state index is 11.9. The van der Waals surface area contributed by atoms with E-state index in [0.717, 1.165) is 15.9 Å². The first kappa shape index (κ1) is 12.0. The summed E-state index contributed by atoms with van der Waals surface area (Å²) in [4.78, 5) is 51.0. The van der Waals surface area contributed by atoms with Crippen LogP contribution in [0.4, 0.5) is 4.79 Å². The Hall–Kier alpha value is -2.51. The van der Waals surface area contributed by atoms with Gasteiger partial charge in [-0.3, -0.25) is 19.4 Å². The van der Waals surface area contributed by atoms with E-state index < -0.39 is 35.3 Å². The summed E-state index contributed by atoms with van der Waals surface area (Å²) < 4.78 is 0. The largest absolute Gasteiger partial charge is 0.545 e. The molecule has 1 atom stereocenters. The zero-order valence-electron chi connectivity index (χ0n) is 9.54. The summed E-state index contributed by atoms with van der Waals surface area (Å²) in [5, 5.41) is 10.9. The number of carboxylic acids is 1. The molecular weight excluding hydrogens is 242 g/mol. The van der Waals surface area contributed by atoms with E-state index in [2.05, 4.69) is 4.99 Å². The fraction of sp³-hybridized carbons (Fsp3) is 0.300. The number of carbonyl (C=O) groups excluding carboxylic acids is 4. The first-order chi connectivity index (χ1) is 8.34. The molecule has 1 fully saturated rings. The van der Waals surface area contributed by atoms with Gasteiger partial charge in [-0.25, -0.2) is 4.79 Å². The number of amides is 4. The van der Waals surface area contributed by atoms with E-state index in [4.69, 9.17) is 0 Å². The highest BCUT2D eigenvalue weighted by Crippen LogP contribution is 2.26. The van der Waals surface area contributed by atoms with E-state index in [1.807, 2.05) is 0 Å². The molecule has 0 aromatic carbocycles. The molecule has 94 valence electrons. The molecule has 4 amide bonds. The molecule has 0 aromatic heterocycles. The summed E-state index contributed by atoms with van der Waals surface area (Å²) in [6.07, 6.45) is 0.735. The second kappa shape index (κ2) is 3.76. The highest BCUT2D eigenvalue weighted by molar-refractivity contribution is 6.26. The molecule has 18 heavy (non-hydrogen) atoms. The van der Waals surface area contributed by atoms with Gasteiger partial charge in [0.2, 0.25) is 5.91 Å². The number of fused-ring (bicyclic) bond motifs is 1. The Morgan fingerprint density at radius 3 is 2.44 bits per heavy atom. The first-order valence-corrected chi connectivity index (χ1v) is 4.95. The SMILES string of the molecule is CN1C(=O)C2C(C(=O)[O-])=CC(=O)N=C2N(C)C1=O. The number of hydrogen-bond acceptors (Lipinski definition) is 5. The minimum atomic E-state index is -1.63. The quantitative estimate of drug-likeness (QED) is 0.521. The van der Waals surface area contributed by atoms with Crippen LogP contribution < -0.4 is 5.11 Å². The van der Waals surface area contributed by atoms with E-state index in [9.17, 15) is 24.3 Å². The van der Waals surface area contributed by atoms with Gasteiger partial charge < -0.3 is 9.90 Å². The van der Waals surface area contributed by atoms with Gasteiger partial charge in [-0.2, -0.15) is 4.99 Å². The Kier molecular flexibility index (Phi) is 2.50. The van der Waals surface area contributed by atoms with E-state index >= 15 is 0 Å². The van der Waals surface area contributed by atoms with Crippen LogP contribution in [-0.4, -0.2) is 53.5 Å². The number of dihydropyridines is 1. The highest BCUT2D eigenvalue weighted by atomic mass is 16.4. The molecule has 0 radical (unpaired) electrons. The molecule has 2 aliphatic rings. The third-order valence-corrected chi connectivity index (χ3v) is 2.80. The van der Waals surface area contributed by atoms with Crippen LogP contribution in [0.5, 0.6) is 0 Å². The average molecular weight is 250 g/mol. The van der Waals surface area contributed by atoms with Crippen molar-refractivity contribution in [3.63, 3.8) is 0 Å². The maximum atomic E-state index is 11.9. The van der Waals surface area contributed by atoms with Crippen LogP contribution in [0.3, 0.4) is 0 Å². The molecule has 2 heterocycles. The maximum Gasteiger partial charge on any atom is 0.331 e. The lowest BCUT2D eigenvalue weighted by molar-refractivity contribution is -0.299. The van der Waals surface area contributed by atoms with Crippen molar-refractivity contribution in [1.82, 2.24) is 9.80 Å². The predicted molar refractivity (Wildman–Crippen MR) is 55.0 cm³/mol. The summed E-state index contributed by atoms with van der Waals surface area (Å²) in [6, 6.07) is -0.678. The number of nitrogens with zero attached hydrogens (tertiary/aromatic N) is 3. The summed E-state index contributed by atoms with van der Waals surface area (Å²) in [5.41, 5.74) is -0.485. The number of carboxylic acid groups (broad SMARTS) is 1. The van der Waals surface area contributed by atoms with Gasteiger partial charge in [-0.15, -0.1) is 0 Å². The Morgan fingerprint density at radius 2 is 1.89 bits per heavy atom. The number of aliphatic imine (C=N–C) groups is 1. The van der Waals surface area contributed by atoms with Crippen molar-refractivity contribution < 1.29 is 24.3 Å². The summed E-state index contributed by atoms with van der Waals surface area (Å²) in [7, 11) is 2.53. The molecule has 8 heteroatoms. The molecule has 0 saturated carbocycles. The lowest BCUT2D eigenvalue weighted by Gasteiger charge is -2.37. The summed E-state index contributed by atoms with van der Waals surface area (Å²) in [6.45, 7) is 0. The number of aliphatic carboxylic acids is 1. The summed E-state index contributed by atoms with van der Waals surface area (Å²) in [5.74, 6) is -4.68. The molecule has 0 bridgehead atoms. The molecule has 1 unspecified atom stereocenters. The second-order valence-electron chi connectivity index (χ2n) is 3.87. The van der Waals surface area contributed by atoms with Gasteiger partial charge >= 0.3 is 6.03 Å². The van der Waals surface area contributed by atoms with E-state index in [-0.39, 0.29) is 5.84 Å². The van der Waals surface area contributed by atoms with Gasteiger partial charge in [0.05, 0.1) is 5.97 Å². The molecule has 0 aromatic rings. The zero-order chi connectivity index (χ0) is 13.6. The van der Waals surface area contributed by atoms with Crippen LogP contribution in [0.15, 0.2) is 16.6 Å². The van der Waals surface area contributed by atoms with Crippen LogP contribution in [0.1, 0.15) is 0 Å². The Balaban J connectivity index is 2.57. The van der Waals surface area contributed by atoms with Crippen LogP contribution in [0.25, 0.3) is 0 Å². The molecular formula is C10H8N3O5-. The van der Waals surface area contributed by atoms with Gasteiger partial charge in [0.25, 0.3) is 5.91 Å². The fourth-order valence-electron chi connectivity index (χ4n) is 1.86. The molecule has 0 spiro atoms. The van der Waals surface area contributed by atoms with Crippen LogP contribution >= 0.6 is 0 Å². The standard InChI is InChI=1S/C10H9N3O5/c1-12-7-6(8(15)13(2)10(12)18)4(9(16)17)3-5(14)11-7/h3,6H,1-2H3,(H,16,17)/p-1. The smallest absolute Gasteiger partial charge is 0.331 e. The molecule has 0 aliphatic carbocycles. The highest BCUT2D eigenvalue weighted by Gasteiger charge is 2.44. The van der Waals surface area contributed by atoms with Gasteiger partial charge in [0, 0.05) is 25.7 Å². The van der Waals surface area contributed by atoms with Crippen molar-refractivity contribution in [2.24, 2.45) is 10.9 Å². The fourth-order valence-corrected chi connectivity index (χ4v) is 1.86. The van der Waals surface area contributed by atoms with Gasteiger partial charge in [-0.05, 0) is 0 Å². The molecule has 8 nitrogen and oxygen atoms in total. The molecule has 1 saturated heterocycles. The average Bonchev–Trinajstić information content (AvgIpc) is 2.32. The Bertz CT molecular complexity index is 548. The van der Waals surface area contributed by atoms with Crippen molar-refractivity contribution in [2.45, 2.75) is 0 Å². The number of hydrogen-bond donors (Lipinski definition) is 0. The number of imide groups is 1. The van der Waals surface area contributed by atoms with Crippen molar-refractivity contribution in [3.05, 3.63) is 11.6 Å². The number of urea groups is 1.